The predicted octanol–water partition coefficient (Wildman–Crippen LogP) is 3.51. The van der Waals surface area contributed by atoms with Crippen molar-refractivity contribution in [1.82, 2.24) is 5.32 Å². The number of carbonyl (C=O) groups excluding carboxylic acids is 2. The summed E-state index contributed by atoms with van der Waals surface area (Å²) in [7, 11) is 1.57. The van der Waals surface area contributed by atoms with Crippen molar-refractivity contribution in [2.75, 3.05) is 19.0 Å². The van der Waals surface area contributed by atoms with Crippen LogP contribution in [-0.2, 0) is 9.59 Å². The molecule has 0 unspecified atom stereocenters. The van der Waals surface area contributed by atoms with Crippen molar-refractivity contribution in [3.8, 4) is 23.3 Å². The Balaban J connectivity index is 1.49. The molecular weight excluding hydrogens is 380 g/mol. The standard InChI is InChI=1S/C24H26N2O4/c1-29-21-15-14-19(17-22(21)30-20-12-5-6-13-20)26-24(28)23(27)25-16-8-7-11-18-9-3-2-4-10-18/h2-4,9-10,14-15,17,20H,5-6,8,12-13,16H2,1H3,(H,25,27)(H,26,28). The van der Waals surface area contributed by atoms with Gasteiger partial charge in [-0.3, -0.25) is 9.59 Å². The van der Waals surface area contributed by atoms with Gasteiger partial charge in [0.25, 0.3) is 0 Å². The Hall–Kier alpha value is -3.46. The lowest BCUT2D eigenvalue weighted by molar-refractivity contribution is -0.136. The summed E-state index contributed by atoms with van der Waals surface area (Å²) in [6, 6.07) is 14.7. The van der Waals surface area contributed by atoms with Crippen LogP contribution in [0.15, 0.2) is 48.5 Å². The van der Waals surface area contributed by atoms with E-state index < -0.39 is 11.8 Å². The van der Waals surface area contributed by atoms with E-state index in [0.717, 1.165) is 31.2 Å². The van der Waals surface area contributed by atoms with Gasteiger partial charge in [-0.2, -0.15) is 0 Å². The minimum atomic E-state index is -0.733. The van der Waals surface area contributed by atoms with Crippen LogP contribution in [0.1, 0.15) is 37.7 Å². The fourth-order valence-corrected chi connectivity index (χ4v) is 3.23. The van der Waals surface area contributed by atoms with E-state index in [-0.39, 0.29) is 6.10 Å². The zero-order chi connectivity index (χ0) is 21.2. The molecule has 0 radical (unpaired) electrons. The van der Waals surface area contributed by atoms with Crippen LogP contribution in [0.5, 0.6) is 11.5 Å². The number of ether oxygens (including phenoxy) is 2. The maximum absolute atomic E-state index is 12.2. The molecule has 0 heterocycles. The second-order valence-electron chi connectivity index (χ2n) is 7.02. The highest BCUT2D eigenvalue weighted by atomic mass is 16.5. The zero-order valence-corrected chi connectivity index (χ0v) is 17.1. The zero-order valence-electron chi connectivity index (χ0n) is 17.1. The van der Waals surface area contributed by atoms with Gasteiger partial charge >= 0.3 is 11.8 Å². The van der Waals surface area contributed by atoms with E-state index in [2.05, 4.69) is 22.5 Å². The van der Waals surface area contributed by atoms with Crippen molar-refractivity contribution in [2.45, 2.75) is 38.2 Å². The minimum Gasteiger partial charge on any atom is -0.493 e. The average molecular weight is 406 g/mol. The van der Waals surface area contributed by atoms with E-state index in [9.17, 15) is 9.59 Å². The van der Waals surface area contributed by atoms with Gasteiger partial charge in [0.05, 0.1) is 13.2 Å². The monoisotopic (exact) mass is 406 g/mol. The van der Waals surface area contributed by atoms with Crippen LogP contribution in [0.25, 0.3) is 0 Å². The molecule has 6 heteroatoms. The number of amides is 2. The molecule has 2 N–H and O–H groups in total. The second-order valence-corrected chi connectivity index (χ2v) is 7.02. The van der Waals surface area contributed by atoms with E-state index in [0.29, 0.717) is 30.2 Å². The van der Waals surface area contributed by atoms with Crippen molar-refractivity contribution in [3.05, 3.63) is 54.1 Å². The van der Waals surface area contributed by atoms with E-state index in [4.69, 9.17) is 9.47 Å². The van der Waals surface area contributed by atoms with Crippen molar-refractivity contribution < 1.29 is 19.1 Å². The quantitative estimate of drug-likeness (QED) is 0.437. The molecule has 2 aromatic carbocycles. The number of rotatable bonds is 6. The third kappa shape index (κ3) is 6.28. The number of anilines is 1. The van der Waals surface area contributed by atoms with Gasteiger partial charge in [-0.25, -0.2) is 0 Å². The number of benzene rings is 2. The summed E-state index contributed by atoms with van der Waals surface area (Å²) in [6.07, 6.45) is 4.93. The summed E-state index contributed by atoms with van der Waals surface area (Å²) in [6.45, 7) is 0.296. The summed E-state index contributed by atoms with van der Waals surface area (Å²) in [5.74, 6) is 5.71. The highest BCUT2D eigenvalue weighted by molar-refractivity contribution is 6.39. The molecule has 3 rings (SSSR count). The molecule has 1 aliphatic carbocycles. The molecule has 1 aliphatic rings. The highest BCUT2D eigenvalue weighted by Gasteiger charge is 2.19. The number of hydrogen-bond donors (Lipinski definition) is 2. The smallest absolute Gasteiger partial charge is 0.313 e. The Labute approximate surface area is 177 Å². The van der Waals surface area contributed by atoms with Gasteiger partial charge in [-0.1, -0.05) is 30.0 Å². The summed E-state index contributed by atoms with van der Waals surface area (Å²) in [4.78, 5) is 24.2. The van der Waals surface area contributed by atoms with Crippen molar-refractivity contribution >= 4 is 17.5 Å². The number of carbonyl (C=O) groups is 2. The molecule has 2 aromatic rings. The first-order chi connectivity index (χ1) is 14.7. The third-order valence-electron chi connectivity index (χ3n) is 4.77. The Kier molecular flexibility index (Phi) is 7.73. The van der Waals surface area contributed by atoms with Crippen LogP contribution in [-0.4, -0.2) is 31.6 Å². The fraction of sp³-hybridized carbons (Fsp3) is 0.333. The largest absolute Gasteiger partial charge is 0.493 e. The normalized spacial score (nSPS) is 13.1. The lowest BCUT2D eigenvalue weighted by Crippen LogP contribution is -2.35. The first-order valence-electron chi connectivity index (χ1n) is 10.1. The topological polar surface area (TPSA) is 76.7 Å². The molecule has 0 bridgehead atoms. The fourth-order valence-electron chi connectivity index (χ4n) is 3.23. The second kappa shape index (κ2) is 10.9. The Bertz CT molecular complexity index is 925. The number of nitrogens with one attached hydrogen (secondary N) is 2. The molecule has 0 aliphatic heterocycles. The van der Waals surface area contributed by atoms with E-state index in [1.807, 2.05) is 30.3 Å². The molecule has 30 heavy (non-hydrogen) atoms. The highest BCUT2D eigenvalue weighted by Crippen LogP contribution is 2.33. The Morgan fingerprint density at radius 1 is 1.03 bits per heavy atom. The van der Waals surface area contributed by atoms with Crippen LogP contribution in [0.4, 0.5) is 5.69 Å². The molecule has 2 amide bonds. The molecule has 1 saturated carbocycles. The molecule has 1 fully saturated rings. The van der Waals surface area contributed by atoms with Gasteiger partial charge in [-0.05, 0) is 49.9 Å². The summed E-state index contributed by atoms with van der Waals surface area (Å²) >= 11 is 0. The first kappa shape index (κ1) is 21.3. The Morgan fingerprint density at radius 2 is 1.80 bits per heavy atom. The van der Waals surface area contributed by atoms with Crippen LogP contribution >= 0.6 is 0 Å². The van der Waals surface area contributed by atoms with Gasteiger partial charge in [0.15, 0.2) is 11.5 Å². The van der Waals surface area contributed by atoms with Gasteiger partial charge in [0.1, 0.15) is 0 Å². The van der Waals surface area contributed by atoms with Gasteiger partial charge in [-0.15, -0.1) is 0 Å². The SMILES string of the molecule is COc1ccc(NC(=O)C(=O)NCCC#Cc2ccccc2)cc1OC1CCCC1. The average Bonchev–Trinajstić information content (AvgIpc) is 3.27. The van der Waals surface area contributed by atoms with Gasteiger partial charge < -0.3 is 20.1 Å². The number of methoxy groups -OCH3 is 1. The third-order valence-corrected chi connectivity index (χ3v) is 4.77. The van der Waals surface area contributed by atoms with Crippen LogP contribution in [0, 0.1) is 11.8 Å². The molecular formula is C24H26N2O4. The summed E-state index contributed by atoms with van der Waals surface area (Å²) in [5, 5.41) is 5.18. The van der Waals surface area contributed by atoms with Crippen LogP contribution in [0.2, 0.25) is 0 Å². The van der Waals surface area contributed by atoms with Crippen molar-refractivity contribution in [2.24, 2.45) is 0 Å². The van der Waals surface area contributed by atoms with Crippen LogP contribution in [0.3, 0.4) is 0 Å². The van der Waals surface area contributed by atoms with Crippen molar-refractivity contribution in [1.29, 1.82) is 0 Å². The van der Waals surface area contributed by atoms with Gasteiger partial charge in [0.2, 0.25) is 0 Å². The maximum Gasteiger partial charge on any atom is 0.313 e. The Morgan fingerprint density at radius 3 is 2.53 bits per heavy atom. The molecule has 156 valence electrons. The summed E-state index contributed by atoms with van der Waals surface area (Å²) < 4.78 is 11.4. The molecule has 0 saturated heterocycles. The van der Waals surface area contributed by atoms with Crippen LogP contribution < -0.4 is 20.1 Å². The van der Waals surface area contributed by atoms with E-state index in [1.54, 1.807) is 25.3 Å². The van der Waals surface area contributed by atoms with Crippen molar-refractivity contribution in [3.63, 3.8) is 0 Å². The first-order valence-corrected chi connectivity index (χ1v) is 10.1. The minimum absolute atomic E-state index is 0.158. The molecule has 0 aromatic heterocycles. The molecule has 0 spiro atoms. The lowest BCUT2D eigenvalue weighted by atomic mass is 10.2. The van der Waals surface area contributed by atoms with Gasteiger partial charge in [0, 0.05) is 30.3 Å². The molecule has 6 nitrogen and oxygen atoms in total. The van der Waals surface area contributed by atoms with E-state index in [1.165, 1.54) is 0 Å². The summed E-state index contributed by atoms with van der Waals surface area (Å²) in [5.41, 5.74) is 1.39. The van der Waals surface area contributed by atoms with E-state index >= 15 is 0 Å². The number of hydrogen-bond acceptors (Lipinski definition) is 4. The maximum atomic E-state index is 12.2. The molecule has 0 atom stereocenters. The lowest BCUT2D eigenvalue weighted by Gasteiger charge is -2.17. The predicted molar refractivity (Wildman–Crippen MR) is 115 cm³/mol.